The molecule has 0 heterocycles. The zero-order chi connectivity index (χ0) is 92.6. The summed E-state index contributed by atoms with van der Waals surface area (Å²) in [4.78, 5) is 9.69. The first-order valence-corrected chi connectivity index (χ1v) is 48.8. The molecule has 0 saturated heterocycles. The molecule has 2 bridgehead atoms. The molecular weight excluding hydrogens is 1710 g/mol. The van der Waals surface area contributed by atoms with Gasteiger partial charge in [0.15, 0.2) is 0 Å². The number of hydrogen-bond donors (Lipinski definition) is 0. The highest BCUT2D eigenvalue weighted by Gasteiger charge is 2.35. The fourth-order valence-electron chi connectivity index (χ4n) is 23.9. The van der Waals surface area contributed by atoms with Gasteiger partial charge in [-0.2, -0.15) is 0 Å². The Balaban J connectivity index is 0.000000145. The summed E-state index contributed by atoms with van der Waals surface area (Å²) in [6, 6.07) is 180. The van der Waals surface area contributed by atoms with Crippen molar-refractivity contribution in [1.29, 1.82) is 0 Å². The van der Waals surface area contributed by atoms with E-state index in [4.69, 9.17) is 0 Å². The number of allylic oxidation sites excluding steroid dienone is 2. The standard InChI is InChI=1S/C68H46N2.C66H42N2.C2H4.2CH4/c1-3-13-53(14-4-1)69(61-41-31-51-19-17-45-9-7-11-47-29-37-59(61)67(51)63(45)47)55-33-25-43(26-34-55)57-39-40-58(66-50-23-21-49(22-24-50)65(57)66)44-27-35-56(36-28-44)70(54-15-5-2-6-16-54)62-42-32-52-20-18-46-10-8-12-48-30-38-60(62)68(52)64(46)48;1-3-15-51(16-4-1)67(61-41-31-49-23-21-45-11-9-13-47-29-37-59(61)65(49)63(45)47)53-33-25-43(26-34-53)55-39-40-56(58-20-8-7-19-57(55)58)44-27-35-54(36-28-44)68(52-17-5-2-6-18-52)62-42-32-50-24-22-46-12-10-14-48-30-38-60(62)66(50)64(46)48;1-2;;/h1-21,23,25-42,49-50H,22,24H2;1-42H;1-2H2;2*1H4. The number of para-hydroxylation sites is 4. The van der Waals surface area contributed by atoms with Gasteiger partial charge in [-0.05, 0) is 308 Å². The second-order valence-electron chi connectivity index (χ2n) is 37.5. The topological polar surface area (TPSA) is 13.0 Å². The molecule has 0 amide bonds. The summed E-state index contributed by atoms with van der Waals surface area (Å²) >= 11 is 0. The average Bonchev–Trinajstić information content (AvgIpc) is 0.785. The lowest BCUT2D eigenvalue weighted by atomic mass is 9.67. The van der Waals surface area contributed by atoms with Crippen molar-refractivity contribution in [3.05, 3.63) is 522 Å². The molecule has 0 aliphatic heterocycles. The Morgan fingerprint density at radius 3 is 0.577 bits per heavy atom. The fourth-order valence-corrected chi connectivity index (χ4v) is 23.9. The zero-order valence-electron chi connectivity index (χ0n) is 77.1. The van der Waals surface area contributed by atoms with Crippen molar-refractivity contribution in [2.45, 2.75) is 39.5 Å². The molecule has 2 atom stereocenters. The first-order chi connectivity index (χ1) is 69.4. The van der Waals surface area contributed by atoms with E-state index < -0.39 is 0 Å². The van der Waals surface area contributed by atoms with Crippen LogP contribution in [0, 0.1) is 0 Å². The predicted octanol–water partition coefficient (Wildman–Crippen LogP) is 40.3. The molecule has 2 unspecified atom stereocenters. The van der Waals surface area contributed by atoms with E-state index in [-0.39, 0.29) is 14.9 Å². The van der Waals surface area contributed by atoms with Crippen LogP contribution < -0.4 is 19.6 Å². The maximum atomic E-state index is 3.00. The quantitative estimate of drug-likeness (QED) is 0.0706. The van der Waals surface area contributed by atoms with Crippen LogP contribution in [0.4, 0.5) is 68.2 Å². The van der Waals surface area contributed by atoms with E-state index in [1.165, 1.54) is 231 Å². The molecule has 27 aromatic rings. The highest BCUT2D eigenvalue weighted by Crippen LogP contribution is 2.56. The summed E-state index contributed by atoms with van der Waals surface area (Å²) in [5, 5.41) is 33.4. The molecule has 0 N–H and O–H groups in total. The van der Waals surface area contributed by atoms with Crippen molar-refractivity contribution in [2.24, 2.45) is 0 Å². The van der Waals surface area contributed by atoms with Crippen LogP contribution in [0.25, 0.3) is 185 Å². The minimum atomic E-state index is 0. The Hall–Kier alpha value is -18.0. The molecule has 30 rings (SSSR count). The largest absolute Gasteiger partial charge is 0.310 e. The molecule has 142 heavy (non-hydrogen) atoms. The SMILES string of the molecule is C.C.C1=CC2CCC1c1c(-c3ccc(N(c4ccccc4)c4ccc5ccc6cccc7ccc4c5c67)cc3)ccc(-c3ccc(N(c4ccccc4)c4ccc5ccc6cccc7ccc4c5c67)cc3)c12.C=C.c1ccc(N(c2ccc(-c3ccc(-c4ccc(N(c5ccccc5)c5ccc6ccc7cccc8ccc5c6c78)cc4)c4ccccc34)cc2)c2ccc3ccc4cccc5ccc2c3c45)cc1. The third kappa shape index (κ3) is 14.0. The molecule has 3 aliphatic rings. The molecular formula is C138H100N4. The van der Waals surface area contributed by atoms with Gasteiger partial charge < -0.3 is 19.6 Å². The molecule has 0 spiro atoms. The normalized spacial score (nSPS) is 13.2. The van der Waals surface area contributed by atoms with Crippen LogP contribution in [0.1, 0.15) is 50.7 Å². The summed E-state index contributed by atoms with van der Waals surface area (Å²) in [5.41, 5.74) is 26.7. The lowest BCUT2D eigenvalue weighted by molar-refractivity contribution is 0.555. The van der Waals surface area contributed by atoms with E-state index in [9.17, 15) is 0 Å². The third-order valence-electron chi connectivity index (χ3n) is 30.1. The van der Waals surface area contributed by atoms with Gasteiger partial charge in [-0.1, -0.05) is 391 Å². The van der Waals surface area contributed by atoms with Gasteiger partial charge in [-0.25, -0.2) is 0 Å². The van der Waals surface area contributed by atoms with E-state index in [1.54, 1.807) is 0 Å². The number of nitrogens with zero attached hydrogens (tertiary/aromatic N) is 4. The van der Waals surface area contributed by atoms with E-state index in [0.29, 0.717) is 11.8 Å². The first-order valence-electron chi connectivity index (χ1n) is 48.8. The van der Waals surface area contributed by atoms with Gasteiger partial charge >= 0.3 is 0 Å². The van der Waals surface area contributed by atoms with E-state index in [1.807, 2.05) is 0 Å². The molecule has 3 aliphatic carbocycles. The highest BCUT2D eigenvalue weighted by molar-refractivity contribution is 6.30. The molecule has 27 aromatic carbocycles. The van der Waals surface area contributed by atoms with Gasteiger partial charge in [-0.3, -0.25) is 0 Å². The fraction of sp³-hybridized carbons (Fsp3) is 0.0435. The van der Waals surface area contributed by atoms with Crippen molar-refractivity contribution in [2.75, 3.05) is 19.6 Å². The van der Waals surface area contributed by atoms with Crippen molar-refractivity contribution < 1.29 is 0 Å². The third-order valence-corrected chi connectivity index (χ3v) is 30.1. The Bertz CT molecular complexity index is 8860. The van der Waals surface area contributed by atoms with Crippen molar-refractivity contribution in [3.63, 3.8) is 0 Å². The lowest BCUT2D eigenvalue weighted by Gasteiger charge is -2.37. The van der Waals surface area contributed by atoms with Crippen molar-refractivity contribution >= 4 is 208 Å². The van der Waals surface area contributed by atoms with Crippen LogP contribution in [-0.2, 0) is 0 Å². The van der Waals surface area contributed by atoms with Gasteiger partial charge in [0, 0.05) is 78.9 Å². The van der Waals surface area contributed by atoms with Crippen LogP contribution in [0.3, 0.4) is 0 Å². The van der Waals surface area contributed by atoms with Crippen LogP contribution in [0.15, 0.2) is 511 Å². The Morgan fingerprint density at radius 2 is 0.345 bits per heavy atom. The molecule has 672 valence electrons. The van der Waals surface area contributed by atoms with E-state index in [2.05, 4.69) is 530 Å². The number of rotatable bonds is 16. The smallest absolute Gasteiger partial charge is 0.0540 e. The van der Waals surface area contributed by atoms with Crippen LogP contribution in [0.5, 0.6) is 0 Å². The van der Waals surface area contributed by atoms with Gasteiger partial charge in [0.25, 0.3) is 0 Å². The second kappa shape index (κ2) is 35.2. The molecule has 4 heteroatoms. The van der Waals surface area contributed by atoms with Crippen LogP contribution in [-0.4, -0.2) is 0 Å². The van der Waals surface area contributed by atoms with Crippen molar-refractivity contribution in [3.8, 4) is 44.5 Å². The minimum Gasteiger partial charge on any atom is -0.310 e. The Labute approximate surface area is 827 Å². The van der Waals surface area contributed by atoms with Crippen LogP contribution >= 0.6 is 0 Å². The number of anilines is 12. The summed E-state index contributed by atoms with van der Waals surface area (Å²) < 4.78 is 0. The van der Waals surface area contributed by atoms with E-state index in [0.717, 1.165) is 45.5 Å². The lowest BCUT2D eigenvalue weighted by Crippen LogP contribution is -2.19. The molecule has 0 aromatic heterocycles. The van der Waals surface area contributed by atoms with Gasteiger partial charge in [0.05, 0.1) is 22.7 Å². The van der Waals surface area contributed by atoms with Crippen LogP contribution in [0.2, 0.25) is 0 Å². The highest BCUT2D eigenvalue weighted by atomic mass is 15.2. The van der Waals surface area contributed by atoms with Crippen molar-refractivity contribution in [1.82, 2.24) is 0 Å². The second-order valence-corrected chi connectivity index (χ2v) is 37.5. The molecule has 4 nitrogen and oxygen atoms in total. The van der Waals surface area contributed by atoms with Gasteiger partial charge in [0.1, 0.15) is 0 Å². The maximum absolute atomic E-state index is 3.00. The predicted molar refractivity (Wildman–Crippen MR) is 614 cm³/mol. The molecule has 0 saturated carbocycles. The monoisotopic (exact) mass is 1810 g/mol. The first kappa shape index (κ1) is 85.7. The maximum Gasteiger partial charge on any atom is 0.0540 e. The summed E-state index contributed by atoms with van der Waals surface area (Å²) in [5.74, 6) is 0.796. The number of fused-ring (bicyclic) bond motifs is 2. The Morgan fingerprint density at radius 1 is 0.155 bits per heavy atom. The van der Waals surface area contributed by atoms with E-state index >= 15 is 0 Å². The van der Waals surface area contributed by atoms with Gasteiger partial charge in [0.2, 0.25) is 0 Å². The number of benzene rings is 27. The summed E-state index contributed by atoms with van der Waals surface area (Å²) in [6.45, 7) is 6.00. The minimum absolute atomic E-state index is 0. The summed E-state index contributed by atoms with van der Waals surface area (Å²) in [7, 11) is 0. The van der Waals surface area contributed by atoms with Gasteiger partial charge in [-0.15, -0.1) is 13.2 Å². The number of hydrogen-bond acceptors (Lipinski definition) is 4. The average molecular weight is 1810 g/mol. The zero-order valence-corrected chi connectivity index (χ0v) is 77.1. The summed E-state index contributed by atoms with van der Waals surface area (Å²) in [6.07, 6.45) is 7.34. The molecule has 0 radical (unpaired) electrons. The molecule has 0 fully saturated rings. The Kier molecular flexibility index (Phi) is 21.3.